The molecule has 1 aromatic carbocycles. The molecule has 0 aliphatic carbocycles. The summed E-state index contributed by atoms with van der Waals surface area (Å²) in [7, 11) is 0. The maximum Gasteiger partial charge on any atom is 0.121 e. The monoisotopic (exact) mass is 291 g/mol. The van der Waals surface area contributed by atoms with Crippen LogP contribution in [0.15, 0.2) is 41.0 Å². The zero-order valence-electron chi connectivity index (χ0n) is 9.81. The highest BCUT2D eigenvalue weighted by Crippen LogP contribution is 2.24. The van der Waals surface area contributed by atoms with Crippen LogP contribution in [0.25, 0.3) is 0 Å². The molecule has 1 heterocycles. The fraction of sp³-hybridized carbons (Fsp3) is 0.214. The summed E-state index contributed by atoms with van der Waals surface area (Å²) in [5, 5.41) is 10.3. The number of pyridine rings is 1. The summed E-state index contributed by atoms with van der Waals surface area (Å²) in [4.78, 5) is 4.22. The van der Waals surface area contributed by atoms with Gasteiger partial charge in [-0.1, -0.05) is 23.8 Å². The standard InChI is InChI=1S/C14H14BrNO/c1-9-3-5-12(10(2)7-9)14(17)13-6-4-11(15)8-16-13/h3-8,14,17H,1-2H3. The van der Waals surface area contributed by atoms with Crippen molar-refractivity contribution >= 4 is 15.9 Å². The van der Waals surface area contributed by atoms with Gasteiger partial charge in [0.2, 0.25) is 0 Å². The SMILES string of the molecule is Cc1ccc(C(O)c2ccc(Br)cn2)c(C)c1. The van der Waals surface area contributed by atoms with Crippen molar-refractivity contribution in [3.8, 4) is 0 Å². The lowest BCUT2D eigenvalue weighted by Crippen LogP contribution is -2.04. The van der Waals surface area contributed by atoms with Crippen LogP contribution in [-0.2, 0) is 0 Å². The van der Waals surface area contributed by atoms with Crippen LogP contribution in [0, 0.1) is 13.8 Å². The molecule has 3 heteroatoms. The molecule has 0 spiro atoms. The van der Waals surface area contributed by atoms with Crippen LogP contribution < -0.4 is 0 Å². The predicted molar refractivity (Wildman–Crippen MR) is 71.9 cm³/mol. The average Bonchev–Trinajstić information content (AvgIpc) is 2.29. The molecule has 88 valence electrons. The van der Waals surface area contributed by atoms with Gasteiger partial charge in [0.05, 0.1) is 5.69 Å². The van der Waals surface area contributed by atoms with Gasteiger partial charge in [-0.25, -0.2) is 0 Å². The average molecular weight is 292 g/mol. The largest absolute Gasteiger partial charge is 0.382 e. The van der Waals surface area contributed by atoms with Crippen LogP contribution >= 0.6 is 15.9 Å². The molecular weight excluding hydrogens is 278 g/mol. The van der Waals surface area contributed by atoms with E-state index in [1.165, 1.54) is 5.56 Å². The Balaban J connectivity index is 2.36. The Labute approximate surface area is 109 Å². The second kappa shape index (κ2) is 4.98. The van der Waals surface area contributed by atoms with Gasteiger partial charge in [-0.15, -0.1) is 0 Å². The molecule has 0 bridgehead atoms. The van der Waals surface area contributed by atoms with Crippen LogP contribution in [0.5, 0.6) is 0 Å². The molecule has 0 radical (unpaired) electrons. The van der Waals surface area contributed by atoms with Crippen molar-refractivity contribution in [3.05, 3.63) is 63.4 Å². The number of nitrogens with zero attached hydrogens (tertiary/aromatic N) is 1. The van der Waals surface area contributed by atoms with Crippen LogP contribution in [-0.4, -0.2) is 10.1 Å². The van der Waals surface area contributed by atoms with Gasteiger partial charge in [0, 0.05) is 10.7 Å². The third-order valence-electron chi connectivity index (χ3n) is 2.75. The van der Waals surface area contributed by atoms with Crippen molar-refractivity contribution in [1.29, 1.82) is 0 Å². The lowest BCUT2D eigenvalue weighted by molar-refractivity contribution is 0.214. The topological polar surface area (TPSA) is 33.1 Å². The van der Waals surface area contributed by atoms with Crippen molar-refractivity contribution in [2.75, 3.05) is 0 Å². The van der Waals surface area contributed by atoms with Crippen molar-refractivity contribution in [2.24, 2.45) is 0 Å². The summed E-state index contributed by atoms with van der Waals surface area (Å²) in [5.41, 5.74) is 3.86. The van der Waals surface area contributed by atoms with E-state index >= 15 is 0 Å². The van der Waals surface area contributed by atoms with Crippen LogP contribution in [0.4, 0.5) is 0 Å². The van der Waals surface area contributed by atoms with Gasteiger partial charge in [-0.05, 0) is 53.0 Å². The third kappa shape index (κ3) is 2.73. The number of rotatable bonds is 2. The van der Waals surface area contributed by atoms with Crippen LogP contribution in [0.1, 0.15) is 28.5 Å². The highest BCUT2D eigenvalue weighted by Gasteiger charge is 2.13. The highest BCUT2D eigenvalue weighted by molar-refractivity contribution is 9.10. The molecule has 0 amide bonds. The number of hydrogen-bond donors (Lipinski definition) is 1. The Hall–Kier alpha value is -1.19. The smallest absolute Gasteiger partial charge is 0.121 e. The fourth-order valence-electron chi connectivity index (χ4n) is 1.84. The minimum atomic E-state index is -0.663. The molecular formula is C14H14BrNO. The van der Waals surface area contributed by atoms with Crippen LogP contribution in [0.2, 0.25) is 0 Å². The maximum absolute atomic E-state index is 10.3. The first-order chi connectivity index (χ1) is 8.08. The molecule has 1 N–H and O–H groups in total. The Morgan fingerprint density at radius 1 is 1.18 bits per heavy atom. The lowest BCUT2D eigenvalue weighted by atomic mass is 9.99. The number of benzene rings is 1. The molecule has 0 saturated carbocycles. The van der Waals surface area contributed by atoms with E-state index in [0.29, 0.717) is 5.69 Å². The minimum Gasteiger partial charge on any atom is -0.382 e. The number of halogens is 1. The number of aliphatic hydroxyl groups is 1. The first-order valence-corrected chi connectivity index (χ1v) is 6.24. The molecule has 1 atom stereocenters. The first-order valence-electron chi connectivity index (χ1n) is 5.44. The summed E-state index contributed by atoms with van der Waals surface area (Å²) in [6.07, 6.45) is 1.03. The van der Waals surface area contributed by atoms with Crippen molar-refractivity contribution in [3.63, 3.8) is 0 Å². The van der Waals surface area contributed by atoms with E-state index in [1.54, 1.807) is 6.20 Å². The summed E-state index contributed by atoms with van der Waals surface area (Å²) in [6.45, 7) is 4.05. The van der Waals surface area contributed by atoms with Gasteiger partial charge < -0.3 is 5.11 Å². The molecule has 2 nitrogen and oxygen atoms in total. The van der Waals surface area contributed by atoms with E-state index in [2.05, 4.69) is 27.0 Å². The Bertz CT molecular complexity index is 522. The van der Waals surface area contributed by atoms with Gasteiger partial charge >= 0.3 is 0 Å². The summed E-state index contributed by atoms with van der Waals surface area (Å²) in [5.74, 6) is 0. The van der Waals surface area contributed by atoms with Crippen molar-refractivity contribution in [1.82, 2.24) is 4.98 Å². The maximum atomic E-state index is 10.3. The van der Waals surface area contributed by atoms with E-state index in [-0.39, 0.29) is 0 Å². The van der Waals surface area contributed by atoms with E-state index in [9.17, 15) is 5.11 Å². The molecule has 0 saturated heterocycles. The van der Waals surface area contributed by atoms with E-state index in [1.807, 2.05) is 38.1 Å². The van der Waals surface area contributed by atoms with E-state index < -0.39 is 6.10 Å². The molecule has 1 aromatic heterocycles. The Morgan fingerprint density at radius 3 is 2.53 bits per heavy atom. The van der Waals surface area contributed by atoms with Crippen molar-refractivity contribution in [2.45, 2.75) is 20.0 Å². The molecule has 0 aliphatic rings. The molecule has 1 unspecified atom stereocenters. The third-order valence-corrected chi connectivity index (χ3v) is 3.22. The summed E-state index contributed by atoms with van der Waals surface area (Å²) in [6, 6.07) is 9.74. The quantitative estimate of drug-likeness (QED) is 0.918. The summed E-state index contributed by atoms with van der Waals surface area (Å²) < 4.78 is 0.911. The van der Waals surface area contributed by atoms with Crippen LogP contribution in [0.3, 0.4) is 0 Å². The second-order valence-corrected chi connectivity index (χ2v) is 5.08. The normalized spacial score (nSPS) is 12.5. The van der Waals surface area contributed by atoms with Gasteiger partial charge in [0.15, 0.2) is 0 Å². The second-order valence-electron chi connectivity index (χ2n) is 4.16. The van der Waals surface area contributed by atoms with E-state index in [0.717, 1.165) is 15.6 Å². The Kier molecular flexibility index (Phi) is 3.60. The van der Waals surface area contributed by atoms with Gasteiger partial charge in [0.25, 0.3) is 0 Å². The fourth-order valence-corrected chi connectivity index (χ4v) is 2.08. The number of aliphatic hydroxyl groups excluding tert-OH is 1. The molecule has 2 aromatic rings. The van der Waals surface area contributed by atoms with Gasteiger partial charge in [0.1, 0.15) is 6.10 Å². The Morgan fingerprint density at radius 2 is 1.94 bits per heavy atom. The molecule has 2 rings (SSSR count). The molecule has 0 fully saturated rings. The number of hydrogen-bond acceptors (Lipinski definition) is 2. The van der Waals surface area contributed by atoms with Gasteiger partial charge in [-0.3, -0.25) is 4.98 Å². The predicted octanol–water partition coefficient (Wildman–Crippen LogP) is 3.54. The highest BCUT2D eigenvalue weighted by atomic mass is 79.9. The summed E-state index contributed by atoms with van der Waals surface area (Å²) >= 11 is 3.33. The van der Waals surface area contributed by atoms with Crippen molar-refractivity contribution < 1.29 is 5.11 Å². The minimum absolute atomic E-state index is 0.663. The lowest BCUT2D eigenvalue weighted by Gasteiger charge is -2.13. The van der Waals surface area contributed by atoms with Gasteiger partial charge in [-0.2, -0.15) is 0 Å². The first kappa shape index (κ1) is 12.3. The number of aromatic nitrogens is 1. The zero-order chi connectivity index (χ0) is 12.4. The number of aryl methyl sites for hydroxylation is 2. The van der Waals surface area contributed by atoms with E-state index in [4.69, 9.17) is 0 Å². The zero-order valence-corrected chi connectivity index (χ0v) is 11.4. The molecule has 17 heavy (non-hydrogen) atoms. The molecule has 0 aliphatic heterocycles.